The first-order valence-electron chi connectivity index (χ1n) is 6.39. The van der Waals surface area contributed by atoms with Crippen LogP contribution in [0.2, 0.25) is 0 Å². The molecule has 0 unspecified atom stereocenters. The van der Waals surface area contributed by atoms with E-state index >= 15 is 0 Å². The van der Waals surface area contributed by atoms with Gasteiger partial charge in [0, 0.05) is 6.07 Å². The Labute approximate surface area is 113 Å². The van der Waals surface area contributed by atoms with Crippen LogP contribution in [0.3, 0.4) is 0 Å². The van der Waals surface area contributed by atoms with Crippen molar-refractivity contribution in [1.82, 2.24) is 4.98 Å². The third-order valence-corrected chi connectivity index (χ3v) is 2.70. The number of nitrogen functional groups attached to an aromatic ring is 1. The van der Waals surface area contributed by atoms with Gasteiger partial charge in [-0.1, -0.05) is 19.1 Å². The fourth-order valence-electron chi connectivity index (χ4n) is 1.66. The van der Waals surface area contributed by atoms with E-state index in [9.17, 15) is 0 Å². The van der Waals surface area contributed by atoms with Gasteiger partial charge in [-0.25, -0.2) is 0 Å². The van der Waals surface area contributed by atoms with Crippen LogP contribution in [-0.2, 0) is 6.42 Å². The van der Waals surface area contributed by atoms with Gasteiger partial charge in [0.25, 0.3) is 0 Å². The summed E-state index contributed by atoms with van der Waals surface area (Å²) in [5, 5.41) is 0. The van der Waals surface area contributed by atoms with Crippen LogP contribution in [0.4, 0.5) is 5.69 Å². The van der Waals surface area contributed by atoms with Crippen LogP contribution >= 0.6 is 0 Å². The molecule has 0 radical (unpaired) electrons. The van der Waals surface area contributed by atoms with Crippen molar-refractivity contribution in [2.75, 3.05) is 12.3 Å². The molecule has 100 valence electrons. The molecule has 0 fully saturated rings. The van der Waals surface area contributed by atoms with Crippen LogP contribution in [0.25, 0.3) is 0 Å². The van der Waals surface area contributed by atoms with Crippen molar-refractivity contribution in [2.24, 2.45) is 0 Å². The SMILES string of the molecule is CCOc1nc(Oc2ccc(CC)cc2)ccc1N. The molecule has 2 rings (SSSR count). The van der Waals surface area contributed by atoms with Crippen LogP contribution in [0.1, 0.15) is 19.4 Å². The molecule has 0 aliphatic rings. The third kappa shape index (κ3) is 3.37. The largest absolute Gasteiger partial charge is 0.476 e. The summed E-state index contributed by atoms with van der Waals surface area (Å²) < 4.78 is 11.0. The fraction of sp³-hybridized carbons (Fsp3) is 0.267. The fourth-order valence-corrected chi connectivity index (χ4v) is 1.66. The van der Waals surface area contributed by atoms with Crippen molar-refractivity contribution in [3.63, 3.8) is 0 Å². The van der Waals surface area contributed by atoms with Crippen molar-refractivity contribution in [3.05, 3.63) is 42.0 Å². The molecule has 0 atom stereocenters. The Morgan fingerprint density at radius 3 is 2.42 bits per heavy atom. The minimum Gasteiger partial charge on any atom is -0.476 e. The molecule has 0 amide bonds. The zero-order valence-corrected chi connectivity index (χ0v) is 11.2. The van der Waals surface area contributed by atoms with E-state index in [1.807, 2.05) is 31.2 Å². The van der Waals surface area contributed by atoms with Gasteiger partial charge in [0.1, 0.15) is 5.75 Å². The lowest BCUT2D eigenvalue weighted by Crippen LogP contribution is -2.00. The summed E-state index contributed by atoms with van der Waals surface area (Å²) in [6.07, 6.45) is 1.01. The van der Waals surface area contributed by atoms with Crippen molar-refractivity contribution >= 4 is 5.69 Å². The maximum Gasteiger partial charge on any atom is 0.240 e. The normalized spacial score (nSPS) is 10.2. The molecule has 0 aliphatic heterocycles. The van der Waals surface area contributed by atoms with E-state index in [-0.39, 0.29) is 0 Å². The monoisotopic (exact) mass is 258 g/mol. The number of hydrogen-bond acceptors (Lipinski definition) is 4. The Morgan fingerprint density at radius 1 is 1.05 bits per heavy atom. The Morgan fingerprint density at radius 2 is 1.79 bits per heavy atom. The van der Waals surface area contributed by atoms with Crippen LogP contribution < -0.4 is 15.2 Å². The molecule has 0 saturated carbocycles. The Balaban J connectivity index is 2.15. The molecular weight excluding hydrogens is 240 g/mol. The van der Waals surface area contributed by atoms with E-state index in [1.54, 1.807) is 12.1 Å². The van der Waals surface area contributed by atoms with Gasteiger partial charge in [-0.05, 0) is 37.1 Å². The van der Waals surface area contributed by atoms with Crippen LogP contribution in [0.15, 0.2) is 36.4 Å². The van der Waals surface area contributed by atoms with Gasteiger partial charge in [-0.3, -0.25) is 0 Å². The van der Waals surface area contributed by atoms with E-state index in [1.165, 1.54) is 5.56 Å². The summed E-state index contributed by atoms with van der Waals surface area (Å²) in [6, 6.07) is 11.4. The highest BCUT2D eigenvalue weighted by Crippen LogP contribution is 2.26. The predicted octanol–water partition coefficient (Wildman–Crippen LogP) is 3.42. The second-order valence-electron chi connectivity index (χ2n) is 4.08. The van der Waals surface area contributed by atoms with E-state index in [2.05, 4.69) is 11.9 Å². The molecule has 1 heterocycles. The molecule has 4 heteroatoms. The van der Waals surface area contributed by atoms with Gasteiger partial charge in [-0.15, -0.1) is 0 Å². The average molecular weight is 258 g/mol. The second kappa shape index (κ2) is 6.09. The summed E-state index contributed by atoms with van der Waals surface area (Å²) >= 11 is 0. The quantitative estimate of drug-likeness (QED) is 0.892. The number of rotatable bonds is 5. The number of aryl methyl sites for hydroxylation is 1. The van der Waals surface area contributed by atoms with E-state index in [0.717, 1.165) is 12.2 Å². The molecule has 2 N–H and O–H groups in total. The lowest BCUT2D eigenvalue weighted by Gasteiger charge is -2.09. The molecule has 2 aromatic rings. The Bertz CT molecular complexity index is 538. The molecule has 0 spiro atoms. The number of hydrogen-bond donors (Lipinski definition) is 1. The van der Waals surface area contributed by atoms with Crippen LogP contribution in [0.5, 0.6) is 17.5 Å². The molecular formula is C15H18N2O2. The minimum atomic E-state index is 0.408. The van der Waals surface area contributed by atoms with Gasteiger partial charge in [-0.2, -0.15) is 4.98 Å². The molecule has 1 aromatic heterocycles. The van der Waals surface area contributed by atoms with E-state index < -0.39 is 0 Å². The van der Waals surface area contributed by atoms with Crippen molar-refractivity contribution in [1.29, 1.82) is 0 Å². The van der Waals surface area contributed by atoms with E-state index in [4.69, 9.17) is 15.2 Å². The topological polar surface area (TPSA) is 57.4 Å². The first-order chi connectivity index (χ1) is 9.22. The van der Waals surface area contributed by atoms with E-state index in [0.29, 0.717) is 24.1 Å². The number of aromatic nitrogens is 1. The number of pyridine rings is 1. The van der Waals surface area contributed by atoms with Crippen molar-refractivity contribution in [2.45, 2.75) is 20.3 Å². The summed E-state index contributed by atoms with van der Waals surface area (Å²) in [6.45, 7) is 4.52. The summed E-state index contributed by atoms with van der Waals surface area (Å²) in [5.41, 5.74) is 7.54. The molecule has 1 aromatic carbocycles. The number of nitrogens with two attached hydrogens (primary N) is 1. The number of anilines is 1. The summed E-state index contributed by atoms with van der Waals surface area (Å²) in [5.74, 6) is 1.63. The third-order valence-electron chi connectivity index (χ3n) is 2.70. The standard InChI is InChI=1S/C15H18N2O2/c1-3-11-5-7-12(8-6-11)19-14-10-9-13(16)15(17-14)18-4-2/h5-10H,3-4,16H2,1-2H3. The lowest BCUT2D eigenvalue weighted by molar-refractivity contribution is 0.323. The molecule has 19 heavy (non-hydrogen) atoms. The molecule has 0 aliphatic carbocycles. The van der Waals surface area contributed by atoms with Gasteiger partial charge in [0.2, 0.25) is 11.8 Å². The van der Waals surface area contributed by atoms with Gasteiger partial charge < -0.3 is 15.2 Å². The van der Waals surface area contributed by atoms with Gasteiger partial charge in [0.05, 0.1) is 12.3 Å². The number of benzene rings is 1. The van der Waals surface area contributed by atoms with Gasteiger partial charge >= 0.3 is 0 Å². The molecule has 0 bridgehead atoms. The second-order valence-corrected chi connectivity index (χ2v) is 4.08. The zero-order valence-electron chi connectivity index (χ0n) is 11.2. The first kappa shape index (κ1) is 13.2. The van der Waals surface area contributed by atoms with Crippen molar-refractivity contribution < 1.29 is 9.47 Å². The average Bonchev–Trinajstić information content (AvgIpc) is 2.44. The summed E-state index contributed by atoms with van der Waals surface area (Å²) in [7, 11) is 0. The first-order valence-corrected chi connectivity index (χ1v) is 6.39. The Hall–Kier alpha value is -2.23. The zero-order chi connectivity index (χ0) is 13.7. The number of ether oxygens (including phenoxy) is 2. The molecule has 0 saturated heterocycles. The lowest BCUT2D eigenvalue weighted by atomic mass is 10.2. The predicted molar refractivity (Wildman–Crippen MR) is 75.7 cm³/mol. The number of nitrogens with zero attached hydrogens (tertiary/aromatic N) is 1. The highest BCUT2D eigenvalue weighted by atomic mass is 16.5. The Kier molecular flexibility index (Phi) is 4.23. The van der Waals surface area contributed by atoms with Crippen LogP contribution in [-0.4, -0.2) is 11.6 Å². The maximum atomic E-state index is 5.76. The highest BCUT2D eigenvalue weighted by Gasteiger charge is 2.05. The maximum absolute atomic E-state index is 5.76. The van der Waals surface area contributed by atoms with Crippen molar-refractivity contribution in [3.8, 4) is 17.5 Å². The summed E-state index contributed by atoms with van der Waals surface area (Å²) in [4.78, 5) is 4.23. The highest BCUT2D eigenvalue weighted by molar-refractivity contribution is 5.49. The molecule has 4 nitrogen and oxygen atoms in total. The van der Waals surface area contributed by atoms with Gasteiger partial charge in [0.15, 0.2) is 0 Å². The minimum absolute atomic E-state index is 0.408. The van der Waals surface area contributed by atoms with Crippen LogP contribution in [0, 0.1) is 0 Å². The smallest absolute Gasteiger partial charge is 0.240 e.